The van der Waals surface area contributed by atoms with Gasteiger partial charge in [-0.05, 0) is 47.7 Å². The molecule has 0 spiro atoms. The van der Waals surface area contributed by atoms with E-state index < -0.39 is 13.7 Å². The molecule has 3 aromatic carbocycles. The molecule has 0 aliphatic carbocycles. The molecule has 0 fully saturated rings. The minimum atomic E-state index is -2.47. The molecule has 0 aliphatic rings. The molecule has 34 heavy (non-hydrogen) atoms. The van der Waals surface area contributed by atoms with Gasteiger partial charge >= 0.3 is 0 Å². The predicted octanol–water partition coefficient (Wildman–Crippen LogP) is 7.61. The third-order valence-corrected chi connectivity index (χ3v) is 4.95. The summed E-state index contributed by atoms with van der Waals surface area (Å²) >= 11 is 0. The van der Waals surface area contributed by atoms with Gasteiger partial charge in [-0.2, -0.15) is 0 Å². The summed E-state index contributed by atoms with van der Waals surface area (Å²) in [6.45, 7) is -4.56. The average molecular weight is 627 g/mol. The monoisotopic (exact) mass is 627 g/mol. The van der Waals surface area contributed by atoms with Crippen LogP contribution in [0.25, 0.3) is 44.5 Å². The number of hydrogen-bond acceptors (Lipinski definition) is 3. The van der Waals surface area contributed by atoms with E-state index in [0.29, 0.717) is 11.1 Å². The van der Waals surface area contributed by atoms with Crippen molar-refractivity contribution < 1.29 is 35.5 Å². The van der Waals surface area contributed by atoms with Gasteiger partial charge in [0.25, 0.3) is 0 Å². The van der Waals surface area contributed by atoms with Crippen molar-refractivity contribution in [2.45, 2.75) is 13.7 Å². The van der Waals surface area contributed by atoms with Gasteiger partial charge in [-0.15, -0.1) is 53.6 Å². The zero-order valence-electron chi connectivity index (χ0n) is 25.7. The molecule has 3 aromatic heterocycles. The van der Waals surface area contributed by atoms with E-state index in [9.17, 15) is 0 Å². The van der Waals surface area contributed by atoms with Gasteiger partial charge in [0.2, 0.25) is 0 Å². The van der Waals surface area contributed by atoms with E-state index in [1.807, 2.05) is 42.5 Å². The molecule has 3 nitrogen and oxygen atoms in total. The van der Waals surface area contributed by atoms with Gasteiger partial charge < -0.3 is 14.4 Å². The molecule has 0 saturated heterocycles. The summed E-state index contributed by atoms with van der Waals surface area (Å²) in [7, 11) is 0. The van der Waals surface area contributed by atoms with E-state index in [4.69, 9.17) is 15.4 Å². The number of fused-ring (bicyclic) bond motifs is 3. The van der Waals surface area contributed by atoms with Crippen LogP contribution in [0.4, 0.5) is 0 Å². The fourth-order valence-corrected chi connectivity index (χ4v) is 3.36. The molecule has 169 valence electrons. The van der Waals surface area contributed by atoms with Crippen LogP contribution in [0, 0.1) is 25.8 Å². The second kappa shape index (κ2) is 10.6. The smallest absolute Gasteiger partial charge is 0.123 e. The normalized spacial score (nSPS) is 14.6. The van der Waals surface area contributed by atoms with Crippen LogP contribution in [-0.2, 0) is 20.1 Å². The Morgan fingerprint density at radius 3 is 2.38 bits per heavy atom. The first-order valence-electron chi connectivity index (χ1n) is 14.2. The number of aromatic nitrogens is 2. The molecule has 1 radical (unpaired) electrons. The summed E-state index contributed by atoms with van der Waals surface area (Å²) in [6.07, 6.45) is 2.53. The van der Waals surface area contributed by atoms with Crippen molar-refractivity contribution in [2.75, 3.05) is 0 Å². The van der Waals surface area contributed by atoms with Crippen LogP contribution in [0.2, 0.25) is 0 Å². The number of nitrogens with zero attached hydrogens (tertiary/aromatic N) is 2. The summed E-state index contributed by atoms with van der Waals surface area (Å²) in [4.78, 5) is 8.22. The summed E-state index contributed by atoms with van der Waals surface area (Å²) in [5, 5.41) is 1.87. The van der Waals surface area contributed by atoms with Crippen LogP contribution in [0.5, 0.6) is 0 Å². The number of benzene rings is 3. The zero-order valence-corrected chi connectivity index (χ0v) is 20.1. The number of aryl methyl sites for hydroxylation is 2. The fraction of sp³-hybridized carbons (Fsp3) is 0.0667. The summed E-state index contributed by atoms with van der Waals surface area (Å²) < 4.78 is 65.9. The second-order valence-corrected chi connectivity index (χ2v) is 7.20. The molecule has 0 atom stereocenters. The van der Waals surface area contributed by atoms with Crippen LogP contribution in [0.3, 0.4) is 0 Å². The van der Waals surface area contributed by atoms with E-state index in [2.05, 4.69) is 22.1 Å². The maximum Gasteiger partial charge on any atom is 0.123 e. The molecule has 0 unspecified atom stereocenters. The largest absolute Gasteiger partial charge is 0.476 e. The topological polar surface area (TPSA) is 38.9 Å². The van der Waals surface area contributed by atoms with E-state index >= 15 is 0 Å². The minimum Gasteiger partial charge on any atom is -0.476 e. The summed E-state index contributed by atoms with van der Waals surface area (Å²) in [5.74, 6) is 0. The average Bonchev–Trinajstić information content (AvgIpc) is 3.32. The Hall–Kier alpha value is -3.59. The van der Waals surface area contributed by atoms with Crippen LogP contribution in [-0.4, -0.2) is 9.97 Å². The SMILES string of the molecule is [2H]C([2H])([2H])c1ccc(-c2[c-]cccc2)nc1.[2H]c1c(C([2H])([2H])[2H])cnc(-c2[c-]cc3c(c2)oc2ccccc23)c1[2H].[Ir]. The zero-order chi connectivity index (χ0) is 29.4. The Morgan fingerprint density at radius 2 is 1.59 bits per heavy atom. The quantitative estimate of drug-likeness (QED) is 0.186. The standard InChI is InChI=1S/C18H12NO.C12H10N.Ir/c1-12-6-9-16(19-11-12)13-7-8-15-14-4-2-3-5-17(14)20-18(15)10-13;1-10-7-8-12(13-9-10)11-5-3-2-4-6-11;/h2-6,8-11H,1H3;2-5,7-9H,1H3;/q2*-1;/i1D3,6D,9D;1D3;. The molecular formula is C30H22IrN2O-2. The van der Waals surface area contributed by atoms with Crippen molar-refractivity contribution in [3.05, 3.63) is 121 Å². The molecule has 3 heterocycles. The van der Waals surface area contributed by atoms with Crippen LogP contribution < -0.4 is 0 Å². The molecular weight excluding hydrogens is 597 g/mol. The molecule has 0 aliphatic heterocycles. The van der Waals surface area contributed by atoms with Crippen molar-refractivity contribution in [3.8, 4) is 22.5 Å². The Labute approximate surface area is 224 Å². The van der Waals surface area contributed by atoms with Crippen molar-refractivity contribution in [2.24, 2.45) is 0 Å². The number of hydrogen-bond donors (Lipinski definition) is 0. The Bertz CT molecular complexity index is 1830. The first kappa shape index (κ1) is 15.3. The van der Waals surface area contributed by atoms with Crippen molar-refractivity contribution in [1.29, 1.82) is 0 Å². The Kier molecular flexibility index (Phi) is 4.76. The molecule has 6 aromatic rings. The predicted molar refractivity (Wildman–Crippen MR) is 134 cm³/mol. The number of pyridine rings is 2. The Balaban J connectivity index is 0.000000207. The Morgan fingerprint density at radius 1 is 0.765 bits per heavy atom. The minimum absolute atomic E-state index is 0. The van der Waals surface area contributed by atoms with E-state index in [1.54, 1.807) is 30.3 Å². The van der Waals surface area contributed by atoms with Crippen LogP contribution in [0.1, 0.15) is 22.1 Å². The molecule has 0 saturated carbocycles. The number of furan rings is 1. The fourth-order valence-electron chi connectivity index (χ4n) is 3.36. The maximum absolute atomic E-state index is 8.12. The molecule has 0 N–H and O–H groups in total. The van der Waals surface area contributed by atoms with Gasteiger partial charge in [0.1, 0.15) is 5.58 Å². The third kappa shape index (κ3) is 5.14. The molecule has 4 heteroatoms. The first-order chi connectivity index (χ1) is 19.4. The van der Waals surface area contributed by atoms with Gasteiger partial charge in [0.05, 0.1) is 8.32 Å². The number of para-hydroxylation sites is 1. The van der Waals surface area contributed by atoms with Gasteiger partial charge in [-0.1, -0.05) is 53.9 Å². The van der Waals surface area contributed by atoms with Crippen molar-refractivity contribution >= 4 is 21.9 Å². The summed E-state index contributed by atoms with van der Waals surface area (Å²) in [6, 6.07) is 27.4. The number of rotatable bonds is 2. The summed E-state index contributed by atoms with van der Waals surface area (Å²) in [5.41, 5.74) is 3.69. The first-order valence-corrected chi connectivity index (χ1v) is 10.2. The molecule has 6 rings (SSSR count). The van der Waals surface area contributed by atoms with Gasteiger partial charge in [-0.25, -0.2) is 0 Å². The maximum atomic E-state index is 8.12. The van der Waals surface area contributed by atoms with Gasteiger partial charge in [-0.3, -0.25) is 0 Å². The van der Waals surface area contributed by atoms with Gasteiger partial charge in [0, 0.05) is 40.7 Å². The molecule has 0 amide bonds. The third-order valence-electron chi connectivity index (χ3n) is 4.95. The van der Waals surface area contributed by atoms with Crippen molar-refractivity contribution in [1.82, 2.24) is 9.97 Å². The van der Waals surface area contributed by atoms with Crippen LogP contribution >= 0.6 is 0 Å². The van der Waals surface area contributed by atoms with Gasteiger partial charge in [0.15, 0.2) is 0 Å². The van der Waals surface area contributed by atoms with Crippen LogP contribution in [0.15, 0.2) is 102 Å². The molecule has 0 bridgehead atoms. The van der Waals surface area contributed by atoms with E-state index in [0.717, 1.165) is 33.8 Å². The van der Waals surface area contributed by atoms with E-state index in [1.165, 1.54) is 6.20 Å². The van der Waals surface area contributed by atoms with E-state index in [-0.39, 0.29) is 49.0 Å². The second-order valence-electron chi connectivity index (χ2n) is 7.20. The van der Waals surface area contributed by atoms with Crippen molar-refractivity contribution in [3.63, 3.8) is 0 Å².